The van der Waals surface area contributed by atoms with Crippen molar-refractivity contribution in [2.45, 2.75) is 44.6 Å². The number of aliphatic hydroxyl groups excluding tert-OH is 1. The second-order valence-electron chi connectivity index (χ2n) is 6.17. The molecule has 0 saturated carbocycles. The highest BCUT2D eigenvalue weighted by Gasteiger charge is 2.53. The molecule has 0 aliphatic carbocycles. The van der Waals surface area contributed by atoms with Crippen LogP contribution in [0.5, 0.6) is 0 Å². The van der Waals surface area contributed by atoms with Gasteiger partial charge in [-0.2, -0.15) is 9.97 Å². The van der Waals surface area contributed by atoms with Gasteiger partial charge in [0, 0.05) is 10.8 Å². The molecule has 2 aromatic rings. The summed E-state index contributed by atoms with van der Waals surface area (Å²) in [6.07, 6.45) is 2.36. The van der Waals surface area contributed by atoms with Crippen LogP contribution in [0.1, 0.15) is 26.7 Å². The second kappa shape index (κ2) is 6.36. The monoisotopic (exact) mass is 347 g/mol. The standard InChI is InChI=1S/C14H21N9O2/c1-3-4-14(7(2)9(21-22-17)8(5-24)25-14)23-6-18-10-11(15)19-13(16)20-12(10)23/h6-9,24H,3-5H2,1-2H3,(H4,15,16,19,20)/t7-,8-,9+,14-/m1/s1. The van der Waals surface area contributed by atoms with Crippen LogP contribution in [0.2, 0.25) is 0 Å². The number of anilines is 2. The molecule has 3 heterocycles. The average molecular weight is 347 g/mol. The third-order valence-corrected chi connectivity index (χ3v) is 4.78. The molecule has 1 saturated heterocycles. The van der Waals surface area contributed by atoms with Gasteiger partial charge in [-0.1, -0.05) is 25.4 Å². The minimum atomic E-state index is -0.886. The number of aliphatic hydroxyl groups is 1. The molecular weight excluding hydrogens is 326 g/mol. The molecule has 4 atom stereocenters. The van der Waals surface area contributed by atoms with Crippen molar-refractivity contribution in [2.75, 3.05) is 18.1 Å². The van der Waals surface area contributed by atoms with Gasteiger partial charge < -0.3 is 21.3 Å². The Bertz CT molecular complexity index is 831. The number of ether oxygens (including phenoxy) is 1. The molecular formula is C14H21N9O2. The van der Waals surface area contributed by atoms with E-state index < -0.39 is 17.9 Å². The van der Waals surface area contributed by atoms with E-state index in [2.05, 4.69) is 25.0 Å². The van der Waals surface area contributed by atoms with Gasteiger partial charge in [0.2, 0.25) is 5.95 Å². The minimum Gasteiger partial charge on any atom is -0.394 e. The highest BCUT2D eigenvalue weighted by Crippen LogP contribution is 2.46. The Labute approximate surface area is 143 Å². The summed E-state index contributed by atoms with van der Waals surface area (Å²) in [5.74, 6) is -0.00600. The van der Waals surface area contributed by atoms with Crippen molar-refractivity contribution in [1.29, 1.82) is 0 Å². The molecule has 25 heavy (non-hydrogen) atoms. The molecule has 11 heteroatoms. The van der Waals surface area contributed by atoms with E-state index in [9.17, 15) is 5.11 Å². The summed E-state index contributed by atoms with van der Waals surface area (Å²) in [7, 11) is 0. The Kier molecular flexibility index (Phi) is 4.38. The van der Waals surface area contributed by atoms with Gasteiger partial charge >= 0.3 is 0 Å². The second-order valence-corrected chi connectivity index (χ2v) is 6.17. The summed E-state index contributed by atoms with van der Waals surface area (Å²) in [6.45, 7) is 3.68. The van der Waals surface area contributed by atoms with Crippen LogP contribution < -0.4 is 11.5 Å². The van der Waals surface area contributed by atoms with Gasteiger partial charge in [0.1, 0.15) is 5.52 Å². The van der Waals surface area contributed by atoms with Crippen molar-refractivity contribution in [1.82, 2.24) is 19.5 Å². The first-order valence-corrected chi connectivity index (χ1v) is 8.07. The van der Waals surface area contributed by atoms with Crippen LogP contribution in [0, 0.1) is 5.92 Å². The molecule has 1 aliphatic rings. The molecule has 0 spiro atoms. The smallest absolute Gasteiger partial charge is 0.224 e. The Balaban J connectivity index is 2.21. The van der Waals surface area contributed by atoms with Crippen LogP contribution >= 0.6 is 0 Å². The first-order valence-electron chi connectivity index (χ1n) is 8.07. The summed E-state index contributed by atoms with van der Waals surface area (Å²) >= 11 is 0. The number of hydrogen-bond acceptors (Lipinski definition) is 8. The number of nitrogens with zero attached hydrogens (tertiary/aromatic N) is 7. The number of imidazole rings is 1. The summed E-state index contributed by atoms with van der Waals surface area (Å²) in [4.78, 5) is 15.4. The Morgan fingerprint density at radius 3 is 2.88 bits per heavy atom. The summed E-state index contributed by atoms with van der Waals surface area (Å²) in [5.41, 5.74) is 20.5. The van der Waals surface area contributed by atoms with E-state index in [0.29, 0.717) is 17.6 Å². The van der Waals surface area contributed by atoms with E-state index >= 15 is 0 Å². The van der Waals surface area contributed by atoms with E-state index in [-0.39, 0.29) is 24.3 Å². The number of hydrogen-bond donors (Lipinski definition) is 3. The van der Waals surface area contributed by atoms with E-state index in [4.69, 9.17) is 21.7 Å². The molecule has 2 aromatic heterocycles. The van der Waals surface area contributed by atoms with Gasteiger partial charge in [-0.25, -0.2) is 4.98 Å². The number of azide groups is 1. The number of fused-ring (bicyclic) bond motifs is 1. The maximum absolute atomic E-state index is 9.68. The van der Waals surface area contributed by atoms with Crippen molar-refractivity contribution < 1.29 is 9.84 Å². The van der Waals surface area contributed by atoms with Crippen LogP contribution in [0.4, 0.5) is 11.8 Å². The third kappa shape index (κ3) is 2.53. The molecule has 11 nitrogen and oxygen atoms in total. The first-order chi connectivity index (χ1) is 12.0. The zero-order chi connectivity index (χ0) is 18.2. The lowest BCUT2D eigenvalue weighted by Gasteiger charge is -2.35. The molecule has 0 bridgehead atoms. The molecule has 1 fully saturated rings. The molecule has 5 N–H and O–H groups in total. The maximum Gasteiger partial charge on any atom is 0.224 e. The maximum atomic E-state index is 9.68. The Morgan fingerprint density at radius 2 is 2.24 bits per heavy atom. The predicted octanol–water partition coefficient (Wildman–Crippen LogP) is 1.15. The molecule has 0 unspecified atom stereocenters. The van der Waals surface area contributed by atoms with Crippen molar-refractivity contribution in [3.05, 3.63) is 16.8 Å². The van der Waals surface area contributed by atoms with Crippen molar-refractivity contribution in [2.24, 2.45) is 11.0 Å². The molecule has 134 valence electrons. The molecule has 1 aliphatic heterocycles. The van der Waals surface area contributed by atoms with Crippen LogP contribution in [-0.4, -0.2) is 43.4 Å². The van der Waals surface area contributed by atoms with Crippen LogP contribution in [-0.2, 0) is 10.5 Å². The lowest BCUT2D eigenvalue weighted by Crippen LogP contribution is -2.39. The minimum absolute atomic E-state index is 0.0364. The molecule has 0 radical (unpaired) electrons. The summed E-state index contributed by atoms with van der Waals surface area (Å²) < 4.78 is 7.98. The van der Waals surface area contributed by atoms with Crippen LogP contribution in [0.25, 0.3) is 21.6 Å². The van der Waals surface area contributed by atoms with E-state index in [1.165, 1.54) is 0 Å². The fraction of sp³-hybridized carbons (Fsp3) is 0.643. The Hall–Kier alpha value is -2.62. The van der Waals surface area contributed by atoms with E-state index in [0.717, 1.165) is 6.42 Å². The van der Waals surface area contributed by atoms with E-state index in [1.807, 2.05) is 13.8 Å². The van der Waals surface area contributed by atoms with Crippen LogP contribution in [0.15, 0.2) is 11.4 Å². The predicted molar refractivity (Wildman–Crippen MR) is 91.1 cm³/mol. The van der Waals surface area contributed by atoms with Gasteiger partial charge in [0.25, 0.3) is 0 Å². The van der Waals surface area contributed by atoms with Gasteiger partial charge in [0.15, 0.2) is 17.2 Å². The van der Waals surface area contributed by atoms with Crippen molar-refractivity contribution in [3.63, 3.8) is 0 Å². The van der Waals surface area contributed by atoms with Crippen molar-refractivity contribution in [3.8, 4) is 0 Å². The number of nitrogens with two attached hydrogens (primary N) is 2. The number of aromatic nitrogens is 4. The summed E-state index contributed by atoms with van der Waals surface area (Å²) in [6, 6.07) is -0.518. The molecule has 0 amide bonds. The van der Waals surface area contributed by atoms with Gasteiger partial charge in [0.05, 0.1) is 25.1 Å². The largest absolute Gasteiger partial charge is 0.394 e. The highest BCUT2D eigenvalue weighted by atomic mass is 16.5. The Morgan fingerprint density at radius 1 is 1.48 bits per heavy atom. The SMILES string of the molecule is CCC[C@@]1(n2cnc3c(N)nc(N)nc32)O[C@H](CO)[C@@H](N=[N+]=[N-])[C@H]1C. The fourth-order valence-electron chi connectivity index (χ4n) is 3.66. The van der Waals surface area contributed by atoms with E-state index in [1.54, 1.807) is 10.9 Å². The molecule has 3 rings (SSSR count). The lowest BCUT2D eigenvalue weighted by atomic mass is 9.88. The van der Waals surface area contributed by atoms with Gasteiger partial charge in [-0.3, -0.25) is 4.57 Å². The number of nitrogen functional groups attached to an aromatic ring is 2. The van der Waals surface area contributed by atoms with Gasteiger partial charge in [-0.05, 0) is 12.0 Å². The zero-order valence-corrected chi connectivity index (χ0v) is 14.1. The average Bonchev–Trinajstić information content (AvgIpc) is 3.10. The highest BCUT2D eigenvalue weighted by molar-refractivity contribution is 5.82. The lowest BCUT2D eigenvalue weighted by molar-refractivity contribution is -0.129. The van der Waals surface area contributed by atoms with Crippen molar-refractivity contribution >= 4 is 22.9 Å². The topological polar surface area (TPSA) is 174 Å². The molecule has 0 aromatic carbocycles. The third-order valence-electron chi connectivity index (χ3n) is 4.78. The normalized spacial score (nSPS) is 29.0. The first kappa shape index (κ1) is 17.2. The number of rotatable bonds is 5. The van der Waals surface area contributed by atoms with Gasteiger partial charge in [-0.15, -0.1) is 0 Å². The summed E-state index contributed by atoms with van der Waals surface area (Å²) in [5, 5.41) is 13.5. The fourth-order valence-corrected chi connectivity index (χ4v) is 3.66. The quantitative estimate of drug-likeness (QED) is 0.413. The zero-order valence-electron chi connectivity index (χ0n) is 14.1. The van der Waals surface area contributed by atoms with Crippen LogP contribution in [0.3, 0.4) is 0 Å².